The first kappa shape index (κ1) is 21.6. The molecule has 162 valence electrons. The third-order valence-electron chi connectivity index (χ3n) is 5.93. The van der Waals surface area contributed by atoms with Crippen LogP contribution >= 0.6 is 11.3 Å². The van der Waals surface area contributed by atoms with E-state index in [0.29, 0.717) is 6.61 Å². The lowest BCUT2D eigenvalue weighted by Gasteiger charge is -2.34. The molecule has 2 aromatic carbocycles. The fraction of sp³-hybridized carbons (Fsp3) is 0.346. The van der Waals surface area contributed by atoms with E-state index in [4.69, 9.17) is 4.74 Å². The highest BCUT2D eigenvalue weighted by Gasteiger charge is 2.23. The van der Waals surface area contributed by atoms with Crippen molar-refractivity contribution >= 4 is 17.2 Å². The van der Waals surface area contributed by atoms with Crippen molar-refractivity contribution in [1.82, 2.24) is 9.80 Å². The van der Waals surface area contributed by atoms with Crippen molar-refractivity contribution in [3.8, 4) is 5.75 Å². The van der Waals surface area contributed by atoms with E-state index in [1.807, 2.05) is 22.4 Å². The van der Waals surface area contributed by atoms with E-state index in [2.05, 4.69) is 62.1 Å². The Morgan fingerprint density at radius 1 is 0.903 bits per heavy atom. The van der Waals surface area contributed by atoms with Gasteiger partial charge >= 0.3 is 0 Å². The summed E-state index contributed by atoms with van der Waals surface area (Å²) in [5, 5.41) is 2.03. The lowest BCUT2D eigenvalue weighted by atomic mass is 10.1. The van der Waals surface area contributed by atoms with Crippen molar-refractivity contribution in [1.29, 1.82) is 0 Å². The topological polar surface area (TPSA) is 32.8 Å². The van der Waals surface area contributed by atoms with E-state index >= 15 is 0 Å². The Hall–Kier alpha value is -2.63. The van der Waals surface area contributed by atoms with Crippen LogP contribution in [0.15, 0.2) is 53.9 Å². The summed E-state index contributed by atoms with van der Waals surface area (Å²) in [4.78, 5) is 18.1. The molecular weight excluding hydrogens is 404 g/mol. The van der Waals surface area contributed by atoms with Crippen LogP contribution in [0.25, 0.3) is 0 Å². The predicted octanol–water partition coefficient (Wildman–Crippen LogP) is 5.21. The van der Waals surface area contributed by atoms with Crippen molar-refractivity contribution in [3.05, 3.63) is 86.6 Å². The van der Waals surface area contributed by atoms with Gasteiger partial charge in [-0.2, -0.15) is 0 Å². The second kappa shape index (κ2) is 9.67. The van der Waals surface area contributed by atoms with Gasteiger partial charge in [0, 0.05) is 38.3 Å². The fourth-order valence-corrected chi connectivity index (χ4v) is 4.61. The van der Waals surface area contributed by atoms with Gasteiger partial charge in [0.25, 0.3) is 5.91 Å². The minimum absolute atomic E-state index is 0.136. The van der Waals surface area contributed by atoms with Gasteiger partial charge in [0.15, 0.2) is 0 Å². The number of piperazine rings is 1. The molecule has 4 rings (SSSR count). The summed E-state index contributed by atoms with van der Waals surface area (Å²) in [5.41, 5.74) is 6.14. The van der Waals surface area contributed by atoms with Gasteiger partial charge < -0.3 is 9.64 Å². The number of hydrogen-bond acceptors (Lipinski definition) is 4. The lowest BCUT2D eigenvalue weighted by molar-refractivity contribution is 0.0633. The zero-order valence-corrected chi connectivity index (χ0v) is 19.4. The van der Waals surface area contributed by atoms with Gasteiger partial charge in [-0.3, -0.25) is 9.69 Å². The van der Waals surface area contributed by atoms with Gasteiger partial charge in [-0.25, -0.2) is 0 Å². The highest BCUT2D eigenvalue weighted by Crippen LogP contribution is 2.22. The molecular formula is C26H30N2O2S. The summed E-state index contributed by atoms with van der Waals surface area (Å²) in [7, 11) is 0. The molecule has 4 nitrogen and oxygen atoms in total. The normalized spacial score (nSPS) is 14.6. The molecule has 0 N–H and O–H groups in total. The highest BCUT2D eigenvalue weighted by molar-refractivity contribution is 7.12. The fourth-order valence-electron chi connectivity index (χ4n) is 3.75. The van der Waals surface area contributed by atoms with E-state index in [1.54, 1.807) is 0 Å². The smallest absolute Gasteiger partial charge is 0.264 e. The summed E-state index contributed by atoms with van der Waals surface area (Å²) in [6, 6.07) is 16.8. The average molecular weight is 435 g/mol. The van der Waals surface area contributed by atoms with Gasteiger partial charge in [0.1, 0.15) is 12.4 Å². The molecule has 0 spiro atoms. The van der Waals surface area contributed by atoms with Crippen LogP contribution in [0, 0.1) is 20.8 Å². The van der Waals surface area contributed by atoms with E-state index in [0.717, 1.165) is 48.9 Å². The van der Waals surface area contributed by atoms with Gasteiger partial charge in [-0.15, -0.1) is 11.3 Å². The average Bonchev–Trinajstić information content (AvgIpc) is 3.25. The molecule has 2 heterocycles. The van der Waals surface area contributed by atoms with Gasteiger partial charge in [0.2, 0.25) is 0 Å². The van der Waals surface area contributed by atoms with Crippen molar-refractivity contribution < 1.29 is 9.53 Å². The highest BCUT2D eigenvalue weighted by atomic mass is 32.1. The summed E-state index contributed by atoms with van der Waals surface area (Å²) >= 11 is 1.51. The number of hydrogen-bond donors (Lipinski definition) is 0. The number of aryl methyl sites for hydroxylation is 3. The molecule has 1 fully saturated rings. The molecule has 0 saturated carbocycles. The second-order valence-electron chi connectivity index (χ2n) is 8.41. The Kier molecular flexibility index (Phi) is 6.73. The first-order valence-electron chi connectivity index (χ1n) is 10.8. The van der Waals surface area contributed by atoms with Gasteiger partial charge in [0.05, 0.1) is 4.88 Å². The van der Waals surface area contributed by atoms with E-state index in [9.17, 15) is 4.79 Å². The Labute approximate surface area is 189 Å². The van der Waals surface area contributed by atoms with Crippen LogP contribution in [0.3, 0.4) is 0 Å². The monoisotopic (exact) mass is 434 g/mol. The number of nitrogens with zero attached hydrogens (tertiary/aromatic N) is 2. The molecule has 1 aromatic heterocycles. The maximum atomic E-state index is 12.9. The minimum Gasteiger partial charge on any atom is -0.489 e. The maximum Gasteiger partial charge on any atom is 0.264 e. The molecule has 0 bridgehead atoms. The third-order valence-corrected chi connectivity index (χ3v) is 6.90. The van der Waals surface area contributed by atoms with Gasteiger partial charge in [-0.1, -0.05) is 35.9 Å². The Bertz CT molecular complexity index is 1030. The first-order chi connectivity index (χ1) is 15.0. The van der Waals surface area contributed by atoms with E-state index < -0.39 is 0 Å². The van der Waals surface area contributed by atoms with Crippen LogP contribution in [0.1, 0.15) is 37.5 Å². The lowest BCUT2D eigenvalue weighted by Crippen LogP contribution is -2.48. The predicted molar refractivity (Wildman–Crippen MR) is 127 cm³/mol. The number of benzene rings is 2. The van der Waals surface area contributed by atoms with E-state index in [1.165, 1.54) is 33.6 Å². The first-order valence-corrected chi connectivity index (χ1v) is 11.7. The Balaban J connectivity index is 1.27. The second-order valence-corrected chi connectivity index (χ2v) is 9.32. The SMILES string of the molecule is Cc1ccc(CN2CCN(C(=O)c3cc(COc4ccc(C)c(C)c4)cs3)CC2)cc1. The molecule has 1 amide bonds. The molecule has 3 aromatic rings. The number of ether oxygens (including phenoxy) is 1. The standard InChI is InChI=1S/C26H30N2O2S/c1-19-4-7-22(8-5-19)16-27-10-12-28(13-11-27)26(29)25-15-23(18-31-25)17-30-24-9-6-20(2)21(3)14-24/h4-9,14-15,18H,10-13,16-17H2,1-3H3. The maximum absolute atomic E-state index is 12.9. The van der Waals surface area contributed by atoms with Crippen LogP contribution in [0.5, 0.6) is 5.75 Å². The largest absolute Gasteiger partial charge is 0.489 e. The van der Waals surface area contributed by atoms with Crippen molar-refractivity contribution in [2.75, 3.05) is 26.2 Å². The molecule has 0 aliphatic carbocycles. The van der Waals surface area contributed by atoms with Crippen molar-refractivity contribution in [2.45, 2.75) is 33.9 Å². The zero-order chi connectivity index (χ0) is 21.8. The van der Waals surface area contributed by atoms with Crippen LogP contribution in [0.4, 0.5) is 0 Å². The number of thiophene rings is 1. The van der Waals surface area contributed by atoms with Crippen LogP contribution in [-0.2, 0) is 13.2 Å². The minimum atomic E-state index is 0.136. The summed E-state index contributed by atoms with van der Waals surface area (Å²) in [6.07, 6.45) is 0. The molecule has 1 saturated heterocycles. The molecule has 1 aliphatic rings. The van der Waals surface area contributed by atoms with Crippen LogP contribution < -0.4 is 4.74 Å². The summed E-state index contributed by atoms with van der Waals surface area (Å²) < 4.78 is 5.92. The Morgan fingerprint density at radius 2 is 1.65 bits per heavy atom. The molecule has 5 heteroatoms. The van der Waals surface area contributed by atoms with Crippen molar-refractivity contribution in [2.24, 2.45) is 0 Å². The zero-order valence-electron chi connectivity index (χ0n) is 18.6. The summed E-state index contributed by atoms with van der Waals surface area (Å²) in [6.45, 7) is 11.1. The summed E-state index contributed by atoms with van der Waals surface area (Å²) in [5.74, 6) is 1.00. The molecule has 31 heavy (non-hydrogen) atoms. The van der Waals surface area contributed by atoms with Crippen molar-refractivity contribution in [3.63, 3.8) is 0 Å². The molecule has 1 aliphatic heterocycles. The number of amides is 1. The molecule has 0 unspecified atom stereocenters. The van der Waals surface area contributed by atoms with Crippen LogP contribution in [0.2, 0.25) is 0 Å². The Morgan fingerprint density at radius 3 is 2.35 bits per heavy atom. The molecule has 0 radical (unpaired) electrons. The number of carbonyl (C=O) groups excluding carboxylic acids is 1. The number of carbonyl (C=O) groups is 1. The number of rotatable bonds is 6. The molecule has 0 atom stereocenters. The van der Waals surface area contributed by atoms with Crippen LogP contribution in [-0.4, -0.2) is 41.9 Å². The quantitative estimate of drug-likeness (QED) is 0.534. The van der Waals surface area contributed by atoms with E-state index in [-0.39, 0.29) is 5.91 Å². The third kappa shape index (κ3) is 5.54. The van der Waals surface area contributed by atoms with Gasteiger partial charge in [-0.05, 0) is 61.0 Å².